The molecule has 0 radical (unpaired) electrons. The van der Waals surface area contributed by atoms with Crippen LogP contribution in [0, 0.1) is 5.92 Å². The van der Waals surface area contributed by atoms with Crippen molar-refractivity contribution in [3.05, 3.63) is 35.4 Å². The van der Waals surface area contributed by atoms with Gasteiger partial charge < -0.3 is 5.32 Å². The highest BCUT2D eigenvalue weighted by Crippen LogP contribution is 2.28. The smallest absolute Gasteiger partial charge is 0.0294 e. The summed E-state index contributed by atoms with van der Waals surface area (Å²) in [6.45, 7) is 11.5. The molecule has 1 saturated carbocycles. The predicted molar refractivity (Wildman–Crippen MR) is 92.7 cm³/mol. The van der Waals surface area contributed by atoms with E-state index in [0.29, 0.717) is 12.1 Å². The zero-order chi connectivity index (χ0) is 15.5. The van der Waals surface area contributed by atoms with Crippen LogP contribution in [0.5, 0.6) is 0 Å². The second kappa shape index (κ2) is 6.96. The number of hydrogen-bond donors (Lipinski definition) is 1. The van der Waals surface area contributed by atoms with Crippen LogP contribution in [0.15, 0.2) is 24.3 Å². The fourth-order valence-corrected chi connectivity index (χ4v) is 3.53. The van der Waals surface area contributed by atoms with Gasteiger partial charge >= 0.3 is 0 Å². The van der Waals surface area contributed by atoms with E-state index in [1.165, 1.54) is 43.2 Å². The lowest BCUT2D eigenvalue weighted by Crippen LogP contribution is -2.36. The molecule has 0 saturated heterocycles. The van der Waals surface area contributed by atoms with Crippen LogP contribution in [-0.2, 0) is 5.41 Å². The lowest BCUT2D eigenvalue weighted by Gasteiger charge is -2.31. The molecule has 118 valence electrons. The van der Waals surface area contributed by atoms with Gasteiger partial charge in [0.15, 0.2) is 0 Å². The maximum Gasteiger partial charge on any atom is 0.0294 e. The molecule has 0 aliphatic heterocycles. The molecule has 2 rings (SSSR count). The fraction of sp³-hybridized carbons (Fsp3) is 0.700. The summed E-state index contributed by atoms with van der Waals surface area (Å²) >= 11 is 0. The molecule has 1 nitrogen and oxygen atoms in total. The van der Waals surface area contributed by atoms with Crippen LogP contribution in [-0.4, -0.2) is 6.04 Å². The predicted octanol–water partition coefficient (Wildman–Crippen LogP) is 5.60. The highest BCUT2D eigenvalue weighted by Gasteiger charge is 2.21. The van der Waals surface area contributed by atoms with Crippen LogP contribution >= 0.6 is 0 Å². The molecule has 21 heavy (non-hydrogen) atoms. The first-order valence-electron chi connectivity index (χ1n) is 8.74. The highest BCUT2D eigenvalue weighted by atomic mass is 14.9. The van der Waals surface area contributed by atoms with Crippen molar-refractivity contribution in [1.82, 2.24) is 5.32 Å². The first-order chi connectivity index (χ1) is 9.88. The molecule has 0 aromatic heterocycles. The summed E-state index contributed by atoms with van der Waals surface area (Å²) in [5.74, 6) is 0.870. The van der Waals surface area contributed by atoms with Crippen molar-refractivity contribution in [2.75, 3.05) is 0 Å². The van der Waals surface area contributed by atoms with E-state index >= 15 is 0 Å². The van der Waals surface area contributed by atoms with Gasteiger partial charge in [-0.25, -0.2) is 0 Å². The van der Waals surface area contributed by atoms with Gasteiger partial charge in [-0.15, -0.1) is 0 Å². The minimum atomic E-state index is 0.241. The third kappa shape index (κ3) is 4.57. The van der Waals surface area contributed by atoms with Gasteiger partial charge in [0.1, 0.15) is 0 Å². The first kappa shape index (κ1) is 16.5. The van der Waals surface area contributed by atoms with Gasteiger partial charge in [0, 0.05) is 12.1 Å². The van der Waals surface area contributed by atoms with Gasteiger partial charge in [0.25, 0.3) is 0 Å². The first-order valence-corrected chi connectivity index (χ1v) is 8.74. The Bertz CT molecular complexity index is 420. The third-order valence-corrected chi connectivity index (χ3v) is 5.15. The second-order valence-corrected chi connectivity index (χ2v) is 7.95. The summed E-state index contributed by atoms with van der Waals surface area (Å²) in [5.41, 5.74) is 3.06. The summed E-state index contributed by atoms with van der Waals surface area (Å²) in [4.78, 5) is 0. The van der Waals surface area contributed by atoms with Crippen molar-refractivity contribution in [3.63, 3.8) is 0 Å². The molecule has 0 spiro atoms. The Morgan fingerprint density at radius 1 is 0.952 bits per heavy atom. The molecule has 1 N–H and O–H groups in total. The monoisotopic (exact) mass is 287 g/mol. The summed E-state index contributed by atoms with van der Waals surface area (Å²) in [6, 6.07) is 10.2. The van der Waals surface area contributed by atoms with Gasteiger partial charge in [0.05, 0.1) is 0 Å². The Kier molecular flexibility index (Phi) is 5.48. The van der Waals surface area contributed by atoms with Crippen LogP contribution in [0.4, 0.5) is 0 Å². The summed E-state index contributed by atoms with van der Waals surface area (Å²) in [7, 11) is 0. The quantitative estimate of drug-likeness (QED) is 0.759. The molecule has 1 heteroatoms. The van der Waals surface area contributed by atoms with Gasteiger partial charge in [-0.2, -0.15) is 0 Å². The van der Waals surface area contributed by atoms with E-state index in [-0.39, 0.29) is 5.41 Å². The van der Waals surface area contributed by atoms with E-state index in [2.05, 4.69) is 64.2 Å². The lowest BCUT2D eigenvalue weighted by molar-refractivity contribution is 0.268. The Balaban J connectivity index is 1.94. The largest absolute Gasteiger partial charge is 0.307 e. The second-order valence-electron chi connectivity index (χ2n) is 7.95. The third-order valence-electron chi connectivity index (χ3n) is 5.15. The Morgan fingerprint density at radius 3 is 2.05 bits per heavy atom. The maximum absolute atomic E-state index is 3.82. The molecular weight excluding hydrogens is 254 g/mol. The van der Waals surface area contributed by atoms with E-state index in [0.717, 1.165) is 5.92 Å². The molecule has 0 heterocycles. The molecule has 1 aliphatic rings. The van der Waals surface area contributed by atoms with E-state index in [1.54, 1.807) is 0 Å². The van der Waals surface area contributed by atoms with E-state index in [9.17, 15) is 0 Å². The Morgan fingerprint density at radius 2 is 1.52 bits per heavy atom. The highest BCUT2D eigenvalue weighted by molar-refractivity contribution is 5.29. The Hall–Kier alpha value is -0.820. The number of nitrogens with one attached hydrogen (secondary N) is 1. The molecule has 1 aromatic rings. The van der Waals surface area contributed by atoms with E-state index in [1.807, 2.05) is 0 Å². The molecule has 1 unspecified atom stereocenters. The van der Waals surface area contributed by atoms with E-state index < -0.39 is 0 Å². The molecule has 0 amide bonds. The minimum absolute atomic E-state index is 0.241. The van der Waals surface area contributed by atoms with Gasteiger partial charge in [-0.05, 0) is 49.1 Å². The number of rotatable bonds is 4. The van der Waals surface area contributed by atoms with Crippen LogP contribution in [0.1, 0.15) is 83.9 Å². The van der Waals surface area contributed by atoms with E-state index in [4.69, 9.17) is 0 Å². The van der Waals surface area contributed by atoms with Crippen LogP contribution in [0.25, 0.3) is 0 Å². The standard InChI is InChI=1S/C20H33N/c1-15(17-9-7-6-8-10-17)21-16(2)18-11-13-19(14-12-18)20(3,4)5/h11-17,21H,6-10H2,1-5H3/t15-,16?/m1/s1. The molecule has 1 aliphatic carbocycles. The average molecular weight is 287 g/mol. The number of benzene rings is 1. The molecule has 1 aromatic carbocycles. The summed E-state index contributed by atoms with van der Waals surface area (Å²) in [5, 5.41) is 3.82. The lowest BCUT2D eigenvalue weighted by atomic mass is 9.84. The van der Waals surface area contributed by atoms with Gasteiger partial charge in [0.2, 0.25) is 0 Å². The summed E-state index contributed by atoms with van der Waals surface area (Å²) < 4.78 is 0. The molecule has 1 fully saturated rings. The van der Waals surface area contributed by atoms with Crippen LogP contribution < -0.4 is 5.32 Å². The van der Waals surface area contributed by atoms with Gasteiger partial charge in [-0.1, -0.05) is 64.3 Å². The maximum atomic E-state index is 3.82. The van der Waals surface area contributed by atoms with Crippen molar-refractivity contribution in [1.29, 1.82) is 0 Å². The normalized spacial score (nSPS) is 20.2. The fourth-order valence-electron chi connectivity index (χ4n) is 3.53. The van der Waals surface area contributed by atoms with Crippen molar-refractivity contribution in [2.45, 2.75) is 84.2 Å². The molecular formula is C20H33N. The summed E-state index contributed by atoms with van der Waals surface area (Å²) in [6.07, 6.45) is 7.09. The van der Waals surface area contributed by atoms with Crippen molar-refractivity contribution < 1.29 is 0 Å². The van der Waals surface area contributed by atoms with Crippen molar-refractivity contribution >= 4 is 0 Å². The Labute approximate surface area is 131 Å². The molecule has 0 bridgehead atoms. The average Bonchev–Trinajstić information content (AvgIpc) is 2.47. The zero-order valence-corrected chi connectivity index (χ0v) is 14.6. The van der Waals surface area contributed by atoms with Gasteiger partial charge in [-0.3, -0.25) is 0 Å². The zero-order valence-electron chi connectivity index (χ0n) is 14.6. The van der Waals surface area contributed by atoms with Crippen molar-refractivity contribution in [2.24, 2.45) is 5.92 Å². The number of hydrogen-bond acceptors (Lipinski definition) is 1. The van der Waals surface area contributed by atoms with Crippen LogP contribution in [0.3, 0.4) is 0 Å². The molecule has 2 atom stereocenters. The topological polar surface area (TPSA) is 12.0 Å². The minimum Gasteiger partial charge on any atom is -0.307 e. The van der Waals surface area contributed by atoms with Crippen molar-refractivity contribution in [3.8, 4) is 0 Å². The SMILES string of the molecule is CC(N[C@H](C)C1CCCCC1)c1ccc(C(C)(C)C)cc1. The van der Waals surface area contributed by atoms with Crippen LogP contribution in [0.2, 0.25) is 0 Å².